The third-order valence-electron chi connectivity index (χ3n) is 8.25. The smallest absolute Gasteiger partial charge is 0.309 e. The highest BCUT2D eigenvalue weighted by Gasteiger charge is 2.73. The predicted molar refractivity (Wildman–Crippen MR) is 116 cm³/mol. The molecule has 0 saturated heterocycles. The first-order valence-corrected chi connectivity index (χ1v) is 10.6. The number of nitrogen functional groups attached to an aromatic ring is 2. The monoisotopic (exact) mass is 438 g/mol. The molecule has 4 fully saturated rings. The van der Waals surface area contributed by atoms with Crippen LogP contribution in [0, 0.1) is 10.8 Å². The standard InChI is InChI=1S/C24H26N2O6/c25-15-5-13(1-3-17(15)27)21-7-22(14-2-4-18(28)16(26)6-14)10-23(8-21,19(29)30)12-24(9-21,11-22)20(31)32/h1-6,27-28H,7-12,25-26H2,(H,29,30)(H,31,32). The number of anilines is 2. The quantitative estimate of drug-likeness (QED) is 0.313. The van der Waals surface area contributed by atoms with Crippen molar-refractivity contribution in [2.75, 3.05) is 11.5 Å². The van der Waals surface area contributed by atoms with Gasteiger partial charge in [-0.15, -0.1) is 0 Å². The van der Waals surface area contributed by atoms with Gasteiger partial charge in [-0.05, 0) is 84.7 Å². The van der Waals surface area contributed by atoms with E-state index in [0.29, 0.717) is 32.1 Å². The summed E-state index contributed by atoms with van der Waals surface area (Å²) in [6, 6.07) is 9.70. The van der Waals surface area contributed by atoms with E-state index in [-0.39, 0.29) is 29.3 Å². The summed E-state index contributed by atoms with van der Waals surface area (Å²) in [5.74, 6) is -2.12. The third kappa shape index (κ3) is 2.55. The molecule has 0 unspecified atom stereocenters. The highest BCUT2D eigenvalue weighted by Crippen LogP contribution is 2.74. The summed E-state index contributed by atoms with van der Waals surface area (Å²) in [4.78, 5) is 25.4. The molecule has 4 aliphatic rings. The Morgan fingerprint density at radius 2 is 1.03 bits per heavy atom. The van der Waals surface area contributed by atoms with Crippen LogP contribution in [0.15, 0.2) is 36.4 Å². The maximum atomic E-state index is 12.7. The topological polar surface area (TPSA) is 167 Å². The number of carboxylic acids is 2. The Balaban J connectivity index is 1.78. The zero-order chi connectivity index (χ0) is 23.1. The first-order chi connectivity index (χ1) is 14.9. The molecule has 2 aromatic carbocycles. The van der Waals surface area contributed by atoms with Crippen molar-refractivity contribution < 1.29 is 30.0 Å². The normalized spacial score (nSPS) is 35.0. The van der Waals surface area contributed by atoms with Gasteiger partial charge in [0.1, 0.15) is 11.5 Å². The van der Waals surface area contributed by atoms with Gasteiger partial charge in [0.25, 0.3) is 0 Å². The number of hydrogen-bond donors (Lipinski definition) is 6. The van der Waals surface area contributed by atoms with Gasteiger partial charge in [-0.3, -0.25) is 9.59 Å². The molecular formula is C24H26N2O6. The van der Waals surface area contributed by atoms with Crippen molar-refractivity contribution in [3.05, 3.63) is 47.5 Å². The van der Waals surface area contributed by atoms with Gasteiger partial charge < -0.3 is 31.9 Å². The lowest BCUT2D eigenvalue weighted by Gasteiger charge is -2.68. The molecule has 32 heavy (non-hydrogen) atoms. The Labute approximate surface area is 184 Å². The summed E-state index contributed by atoms with van der Waals surface area (Å²) >= 11 is 0. The number of benzene rings is 2. The van der Waals surface area contributed by atoms with Gasteiger partial charge in [0, 0.05) is 0 Å². The maximum Gasteiger partial charge on any atom is 0.309 e. The zero-order valence-corrected chi connectivity index (χ0v) is 17.5. The van der Waals surface area contributed by atoms with Crippen LogP contribution < -0.4 is 11.5 Å². The van der Waals surface area contributed by atoms with E-state index in [4.69, 9.17) is 11.5 Å². The lowest BCUT2D eigenvalue weighted by atomic mass is 9.33. The molecule has 4 aliphatic carbocycles. The fraction of sp³-hybridized carbons (Fsp3) is 0.417. The Morgan fingerprint density at radius 1 is 0.656 bits per heavy atom. The highest BCUT2D eigenvalue weighted by molar-refractivity contribution is 5.83. The van der Waals surface area contributed by atoms with Crippen molar-refractivity contribution >= 4 is 23.3 Å². The van der Waals surface area contributed by atoms with Crippen LogP contribution in [0.25, 0.3) is 0 Å². The summed E-state index contributed by atoms with van der Waals surface area (Å²) in [5, 5.41) is 40.6. The van der Waals surface area contributed by atoms with Gasteiger partial charge >= 0.3 is 11.9 Å². The van der Waals surface area contributed by atoms with Crippen molar-refractivity contribution in [3.8, 4) is 11.5 Å². The summed E-state index contributed by atoms with van der Waals surface area (Å²) in [6.45, 7) is 0. The molecule has 4 saturated carbocycles. The van der Waals surface area contributed by atoms with Gasteiger partial charge in [0.2, 0.25) is 0 Å². The number of nitrogens with two attached hydrogens (primary N) is 2. The van der Waals surface area contributed by atoms with Crippen LogP contribution in [0.1, 0.15) is 49.7 Å². The number of hydrogen-bond acceptors (Lipinski definition) is 6. The van der Waals surface area contributed by atoms with E-state index in [9.17, 15) is 30.0 Å². The average Bonchev–Trinajstić information content (AvgIpc) is 2.71. The second-order valence-electron chi connectivity index (χ2n) is 10.3. The first-order valence-electron chi connectivity index (χ1n) is 10.6. The molecule has 2 aromatic rings. The summed E-state index contributed by atoms with van der Waals surface area (Å²) in [5.41, 5.74) is 9.90. The molecule has 8 heteroatoms. The molecule has 8 nitrogen and oxygen atoms in total. The van der Waals surface area contributed by atoms with Crippen LogP contribution in [-0.4, -0.2) is 32.4 Å². The van der Waals surface area contributed by atoms with Crippen LogP contribution in [0.3, 0.4) is 0 Å². The molecule has 8 N–H and O–H groups in total. The molecule has 0 spiro atoms. The summed E-state index contributed by atoms with van der Waals surface area (Å²) < 4.78 is 0. The lowest BCUT2D eigenvalue weighted by molar-refractivity contribution is -0.196. The third-order valence-corrected chi connectivity index (χ3v) is 8.25. The Kier molecular flexibility index (Phi) is 3.90. The molecule has 0 radical (unpaired) electrons. The minimum absolute atomic E-state index is 0.0691. The second-order valence-corrected chi connectivity index (χ2v) is 10.3. The molecular weight excluding hydrogens is 412 g/mol. The fourth-order valence-corrected chi connectivity index (χ4v) is 7.47. The largest absolute Gasteiger partial charge is 0.506 e. The van der Waals surface area contributed by atoms with Crippen LogP contribution in [0.4, 0.5) is 11.4 Å². The second kappa shape index (κ2) is 6.09. The molecule has 0 amide bonds. The van der Waals surface area contributed by atoms with Gasteiger partial charge in [0.15, 0.2) is 0 Å². The first kappa shape index (κ1) is 20.5. The van der Waals surface area contributed by atoms with Crippen molar-refractivity contribution in [1.29, 1.82) is 0 Å². The molecule has 0 atom stereocenters. The van der Waals surface area contributed by atoms with Gasteiger partial charge in [-0.2, -0.15) is 0 Å². The van der Waals surface area contributed by atoms with Crippen molar-refractivity contribution in [2.24, 2.45) is 10.8 Å². The number of rotatable bonds is 4. The van der Waals surface area contributed by atoms with E-state index in [0.717, 1.165) is 11.1 Å². The van der Waals surface area contributed by atoms with Crippen molar-refractivity contribution in [2.45, 2.75) is 49.4 Å². The zero-order valence-electron chi connectivity index (χ0n) is 17.5. The SMILES string of the molecule is Nc1cc(C23CC4(C(=O)O)CC(C(=O)O)(C2)CC(c2ccc(O)c(N)c2)(C4)C3)ccc1O. The molecule has 0 heterocycles. The van der Waals surface area contributed by atoms with Crippen LogP contribution in [-0.2, 0) is 20.4 Å². The van der Waals surface area contributed by atoms with Crippen molar-refractivity contribution in [3.63, 3.8) is 0 Å². The number of carbonyl (C=O) groups is 2. The predicted octanol–water partition coefficient (Wildman–Crippen LogP) is 2.96. The number of aliphatic carboxylic acids is 2. The molecule has 0 aliphatic heterocycles. The lowest BCUT2D eigenvalue weighted by Crippen LogP contribution is -2.67. The number of carboxylic acid groups (broad SMARTS) is 2. The number of phenolic OH excluding ortho intramolecular Hbond substituents is 2. The van der Waals surface area contributed by atoms with Crippen LogP contribution in [0.2, 0.25) is 0 Å². The van der Waals surface area contributed by atoms with E-state index >= 15 is 0 Å². The van der Waals surface area contributed by atoms with E-state index in [1.54, 1.807) is 24.3 Å². The Morgan fingerprint density at radius 3 is 1.34 bits per heavy atom. The van der Waals surface area contributed by atoms with E-state index in [2.05, 4.69) is 0 Å². The summed E-state index contributed by atoms with van der Waals surface area (Å²) in [6.07, 6.45) is 1.86. The molecule has 4 bridgehead atoms. The van der Waals surface area contributed by atoms with E-state index in [1.165, 1.54) is 12.1 Å². The molecule has 6 rings (SSSR count). The highest BCUT2D eigenvalue weighted by atomic mass is 16.4. The minimum Gasteiger partial charge on any atom is -0.506 e. The van der Waals surface area contributed by atoms with Crippen molar-refractivity contribution in [1.82, 2.24) is 0 Å². The van der Waals surface area contributed by atoms with Crippen LogP contribution in [0.5, 0.6) is 11.5 Å². The van der Waals surface area contributed by atoms with Gasteiger partial charge in [0.05, 0.1) is 22.2 Å². The van der Waals surface area contributed by atoms with Gasteiger partial charge in [-0.1, -0.05) is 12.1 Å². The maximum absolute atomic E-state index is 12.7. The number of aromatic hydroxyl groups is 2. The summed E-state index contributed by atoms with van der Waals surface area (Å²) in [7, 11) is 0. The van der Waals surface area contributed by atoms with Crippen LogP contribution >= 0.6 is 0 Å². The molecule has 0 aromatic heterocycles. The van der Waals surface area contributed by atoms with E-state index < -0.39 is 33.6 Å². The number of phenols is 2. The Hall–Kier alpha value is -3.42. The Bertz CT molecular complexity index is 1070. The van der Waals surface area contributed by atoms with E-state index in [1.807, 2.05) is 0 Å². The molecule has 168 valence electrons. The fourth-order valence-electron chi connectivity index (χ4n) is 7.47. The minimum atomic E-state index is -1.22. The van der Waals surface area contributed by atoms with Gasteiger partial charge in [-0.25, -0.2) is 0 Å². The average molecular weight is 438 g/mol.